The maximum atomic E-state index is 6.88. The van der Waals surface area contributed by atoms with E-state index in [1.165, 1.54) is 11.1 Å². The Morgan fingerprint density at radius 2 is 1.24 bits per heavy atom. The molecule has 0 saturated heterocycles. The molecule has 0 atom stereocenters. The molecule has 0 unspecified atom stereocenters. The largest absolute Gasteiger partial charge is 0.509 e. The van der Waals surface area contributed by atoms with Gasteiger partial charge in [-0.15, -0.1) is 42.4 Å². The van der Waals surface area contributed by atoms with Gasteiger partial charge < -0.3 is 24.0 Å². The van der Waals surface area contributed by atoms with Gasteiger partial charge in [0, 0.05) is 84.7 Å². The quantitative estimate of drug-likeness (QED) is 0.149. The number of hydrogen-bond acceptors (Lipinski definition) is 5. The minimum Gasteiger partial charge on any atom is -0.509 e. The van der Waals surface area contributed by atoms with Crippen LogP contribution in [0.15, 0.2) is 194 Å². The van der Waals surface area contributed by atoms with Crippen molar-refractivity contribution in [2.45, 2.75) is 32.6 Å². The maximum absolute atomic E-state index is 6.88. The van der Waals surface area contributed by atoms with Crippen LogP contribution in [0.1, 0.15) is 31.9 Å². The smallest absolute Gasteiger partial charge is 0.135 e. The number of hydrogen-bond donors (Lipinski definition) is 0. The van der Waals surface area contributed by atoms with Gasteiger partial charge in [0.25, 0.3) is 0 Å². The summed E-state index contributed by atoms with van der Waals surface area (Å²) in [6.45, 7) is 9.74. The predicted octanol–water partition coefficient (Wildman–Crippen LogP) is 15.3. The van der Waals surface area contributed by atoms with Crippen LogP contribution in [0.3, 0.4) is 0 Å². The van der Waals surface area contributed by atoms with E-state index in [1.54, 1.807) is 0 Å². The van der Waals surface area contributed by atoms with E-state index in [4.69, 9.17) is 9.72 Å². The topological polar surface area (TPSA) is 36.8 Å². The Kier molecular flexibility index (Phi) is 10.8. The second-order valence-corrected chi connectivity index (χ2v) is 18.1. The van der Waals surface area contributed by atoms with Crippen molar-refractivity contribution >= 4 is 55.9 Å². The van der Waals surface area contributed by atoms with Crippen LogP contribution >= 0.6 is 0 Å². The van der Waals surface area contributed by atoms with Crippen LogP contribution in [0.4, 0.5) is 34.1 Å². The van der Waals surface area contributed by atoms with Gasteiger partial charge in [-0.3, -0.25) is 0 Å². The average molecular weight is 1050 g/mol. The molecule has 2 aliphatic heterocycles. The third-order valence-corrected chi connectivity index (χ3v) is 13.0. The summed E-state index contributed by atoms with van der Waals surface area (Å²) in [5.74, 6) is 2.04. The van der Waals surface area contributed by atoms with Gasteiger partial charge in [-0.05, 0) is 81.6 Å². The zero-order chi connectivity index (χ0) is 44.4. The summed E-state index contributed by atoms with van der Waals surface area (Å²) in [6, 6.07) is 74.1. The van der Waals surface area contributed by atoms with Crippen LogP contribution in [0, 0.1) is 18.8 Å². The Morgan fingerprint density at radius 1 is 0.582 bits per heavy atom. The number of para-hydroxylation sites is 4. The molecule has 0 N–H and O–H groups in total. The molecule has 2 aliphatic rings. The van der Waals surface area contributed by atoms with Gasteiger partial charge in [-0.1, -0.05) is 159 Å². The number of benzene rings is 8. The summed E-state index contributed by atoms with van der Waals surface area (Å²) in [4.78, 5) is 12.0. The molecule has 8 aromatic carbocycles. The van der Waals surface area contributed by atoms with Gasteiger partial charge in [-0.2, -0.15) is 6.07 Å². The van der Waals surface area contributed by atoms with Gasteiger partial charge >= 0.3 is 0 Å². The van der Waals surface area contributed by atoms with Crippen molar-refractivity contribution < 1.29 is 25.8 Å². The molecule has 0 aliphatic carbocycles. The molecule has 0 radical (unpaired) electrons. The fraction of sp³-hybridized carbons (Fsp3) is 0.100. The molecule has 10 aromatic rings. The normalized spacial score (nSPS) is 13.2. The Balaban J connectivity index is 0.00000494. The Hall–Kier alpha value is -7.40. The van der Waals surface area contributed by atoms with Crippen molar-refractivity contribution in [1.82, 2.24) is 9.55 Å². The van der Waals surface area contributed by atoms with Crippen LogP contribution < -0.4 is 19.4 Å². The molecule has 12 rings (SSSR count). The molecule has 0 amide bonds. The first-order valence-corrected chi connectivity index (χ1v) is 22.7. The minimum atomic E-state index is -0.0365. The van der Waals surface area contributed by atoms with Crippen molar-refractivity contribution in [3.8, 4) is 39.6 Å². The number of aromatic nitrogens is 2. The van der Waals surface area contributed by atoms with Gasteiger partial charge in [0.15, 0.2) is 0 Å². The zero-order valence-corrected chi connectivity index (χ0v) is 39.7. The number of rotatable bonds is 7. The molecular formula is C60H46N5OPt-3. The van der Waals surface area contributed by atoms with E-state index < -0.39 is 0 Å². The van der Waals surface area contributed by atoms with Crippen LogP contribution in [0.5, 0.6) is 11.5 Å². The molecule has 2 aromatic heterocycles. The average Bonchev–Trinajstić information content (AvgIpc) is 3.90. The first-order chi connectivity index (χ1) is 32.4. The monoisotopic (exact) mass is 1050 g/mol. The third kappa shape index (κ3) is 7.46. The standard InChI is InChI=1S/C60H46N5O.Pt/c1-60(2,3)44-33-35-61-57(37-44)65-52-27-14-13-24-50(52)51-31-29-46(38-55(51)65)66-47-30-32-53-56(39-47)64-40-63(54-28-15-21-43(58(54)64)34-36-62(53)45-22-11-6-12-23-45)59-48(41-17-7-4-8-18-41)25-16-26-49(59)42-19-9-5-10-20-42;/h4-33,35,37,40H,34,36H2,1-3H3;/q-3;. The summed E-state index contributed by atoms with van der Waals surface area (Å²) in [5, 5.41) is 2.22. The van der Waals surface area contributed by atoms with Crippen molar-refractivity contribution in [2.75, 3.05) is 21.2 Å². The molecule has 0 fully saturated rings. The summed E-state index contributed by atoms with van der Waals surface area (Å²) in [6.07, 6.45) is 2.75. The summed E-state index contributed by atoms with van der Waals surface area (Å²) >= 11 is 0. The third-order valence-electron chi connectivity index (χ3n) is 13.0. The maximum Gasteiger partial charge on any atom is 0.135 e. The van der Waals surface area contributed by atoms with Gasteiger partial charge in [-0.25, -0.2) is 4.98 Å². The van der Waals surface area contributed by atoms with Crippen molar-refractivity contribution in [1.29, 1.82) is 0 Å². The van der Waals surface area contributed by atoms with Crippen LogP contribution in [-0.4, -0.2) is 16.1 Å². The van der Waals surface area contributed by atoms with E-state index >= 15 is 0 Å². The van der Waals surface area contributed by atoms with E-state index in [9.17, 15) is 0 Å². The summed E-state index contributed by atoms with van der Waals surface area (Å²) in [5.41, 5.74) is 15.4. The second-order valence-electron chi connectivity index (χ2n) is 18.1. The van der Waals surface area contributed by atoms with Gasteiger partial charge in [0.2, 0.25) is 0 Å². The Morgan fingerprint density at radius 3 is 1.97 bits per heavy atom. The fourth-order valence-electron chi connectivity index (χ4n) is 9.78. The molecule has 0 saturated carbocycles. The fourth-order valence-corrected chi connectivity index (χ4v) is 9.78. The number of anilines is 6. The summed E-state index contributed by atoms with van der Waals surface area (Å²) in [7, 11) is 0. The van der Waals surface area contributed by atoms with Crippen molar-refractivity contribution in [3.63, 3.8) is 0 Å². The van der Waals surface area contributed by atoms with E-state index in [0.717, 1.165) is 97.0 Å². The van der Waals surface area contributed by atoms with Gasteiger partial charge in [0.1, 0.15) is 5.82 Å². The van der Waals surface area contributed by atoms with Crippen molar-refractivity contribution in [2.24, 2.45) is 0 Å². The molecule has 0 spiro atoms. The second kappa shape index (κ2) is 17.1. The first-order valence-electron chi connectivity index (χ1n) is 22.7. The predicted molar refractivity (Wildman–Crippen MR) is 271 cm³/mol. The molecular weight excluding hydrogens is 1000 g/mol. The number of nitrogens with zero attached hydrogens (tertiary/aromatic N) is 5. The summed E-state index contributed by atoms with van der Waals surface area (Å²) < 4.78 is 9.08. The van der Waals surface area contributed by atoms with Crippen LogP contribution in [0.25, 0.3) is 49.9 Å². The number of pyridine rings is 1. The van der Waals surface area contributed by atoms with E-state index in [2.05, 4.69) is 235 Å². The molecule has 330 valence electrons. The van der Waals surface area contributed by atoms with E-state index in [0.29, 0.717) is 11.5 Å². The van der Waals surface area contributed by atoms with Crippen LogP contribution in [0.2, 0.25) is 0 Å². The molecule has 0 bridgehead atoms. The number of ether oxygens (including phenoxy) is 1. The van der Waals surface area contributed by atoms with E-state index in [-0.39, 0.29) is 26.5 Å². The SMILES string of the molecule is CC(C)(C)c1ccnc(-n2c3[c-]c(Oc4[c-]c5c(cc4)N(c4ccccc4)CCc4cccc6c4N5[CH-]N6c4c(-c5ccccc5)cccc4-c4ccccc4)ccc3c3ccccc32)c1.[Pt]. The number of fused-ring (bicyclic) bond motifs is 5. The van der Waals surface area contributed by atoms with Crippen molar-refractivity contribution in [3.05, 3.63) is 224 Å². The first kappa shape index (κ1) is 42.2. The van der Waals surface area contributed by atoms with E-state index in [1.807, 2.05) is 18.3 Å². The zero-order valence-electron chi connectivity index (χ0n) is 37.4. The molecule has 7 heteroatoms. The molecule has 4 heterocycles. The minimum absolute atomic E-state index is 0. The molecule has 6 nitrogen and oxygen atoms in total. The van der Waals surface area contributed by atoms with Gasteiger partial charge in [0.05, 0.1) is 0 Å². The molecule has 67 heavy (non-hydrogen) atoms. The van der Waals surface area contributed by atoms with Crippen LogP contribution in [-0.2, 0) is 32.9 Å². The Bertz CT molecular complexity index is 3380. The Labute approximate surface area is 406 Å².